The Morgan fingerprint density at radius 1 is 1.12 bits per heavy atom. The van der Waals surface area contributed by atoms with Crippen molar-refractivity contribution in [3.05, 3.63) is 30.3 Å². The van der Waals surface area contributed by atoms with Crippen LogP contribution in [0.2, 0.25) is 0 Å². The van der Waals surface area contributed by atoms with Crippen molar-refractivity contribution in [2.45, 2.75) is 25.7 Å². The third-order valence-corrected chi connectivity index (χ3v) is 5.86. The zero-order valence-electron chi connectivity index (χ0n) is 15.6. The molecule has 2 aliphatic heterocycles. The van der Waals surface area contributed by atoms with E-state index in [-0.39, 0.29) is 5.91 Å². The highest BCUT2D eigenvalue weighted by molar-refractivity contribution is 6.17. The van der Waals surface area contributed by atoms with Gasteiger partial charge in [0.15, 0.2) is 0 Å². The van der Waals surface area contributed by atoms with Gasteiger partial charge in [-0.1, -0.05) is 24.6 Å². The molecule has 1 spiro atoms. The smallest absolute Gasteiger partial charge is 0.263 e. The predicted molar refractivity (Wildman–Crippen MR) is 102 cm³/mol. The van der Waals surface area contributed by atoms with Gasteiger partial charge in [-0.3, -0.25) is 4.79 Å². The van der Waals surface area contributed by atoms with Gasteiger partial charge in [0.2, 0.25) is 5.90 Å². The van der Waals surface area contributed by atoms with Crippen LogP contribution in [0.5, 0.6) is 0 Å². The summed E-state index contributed by atoms with van der Waals surface area (Å²) in [6, 6.07) is 9.65. The second-order valence-corrected chi connectivity index (χ2v) is 7.64. The maximum atomic E-state index is 12.9. The van der Waals surface area contributed by atoms with Gasteiger partial charge in [0.05, 0.1) is 12.3 Å². The van der Waals surface area contributed by atoms with E-state index in [9.17, 15) is 4.79 Å². The molecule has 1 aliphatic carbocycles. The Balaban J connectivity index is 1.34. The fourth-order valence-corrected chi connectivity index (χ4v) is 3.92. The van der Waals surface area contributed by atoms with Crippen molar-refractivity contribution in [2.24, 2.45) is 10.5 Å². The summed E-state index contributed by atoms with van der Waals surface area (Å²) in [5.41, 5.74) is 0.323. The van der Waals surface area contributed by atoms with Crippen LogP contribution in [0.4, 0.5) is 5.69 Å². The Morgan fingerprint density at radius 3 is 2.50 bits per heavy atom. The number of amides is 1. The zero-order chi connectivity index (χ0) is 18.0. The summed E-state index contributed by atoms with van der Waals surface area (Å²) in [6.45, 7) is 6.20. The van der Waals surface area contributed by atoms with E-state index < -0.39 is 5.41 Å². The second kappa shape index (κ2) is 7.37. The van der Waals surface area contributed by atoms with Crippen molar-refractivity contribution in [1.29, 1.82) is 0 Å². The molecule has 1 amide bonds. The number of hydrazone groups is 1. The summed E-state index contributed by atoms with van der Waals surface area (Å²) in [5.74, 6) is 0.708. The van der Waals surface area contributed by atoms with Gasteiger partial charge in [-0.25, -0.2) is 0 Å². The largest absolute Gasteiger partial charge is 0.479 e. The van der Waals surface area contributed by atoms with E-state index in [4.69, 9.17) is 4.74 Å². The van der Waals surface area contributed by atoms with Crippen molar-refractivity contribution in [1.82, 2.24) is 9.80 Å². The molecule has 3 aliphatic rings. The summed E-state index contributed by atoms with van der Waals surface area (Å²) in [6.07, 6.45) is 3.75. The van der Waals surface area contributed by atoms with Gasteiger partial charge < -0.3 is 14.5 Å². The standard InChI is InChI=1S/C20H28N4O2/c1-22-12-14-23(15-13-22)11-6-16-26-18-20(9-5-10-20)19(25)24(21-18)17-7-3-2-4-8-17/h2-4,7-8H,5-6,9-16H2,1H3. The third kappa shape index (κ3) is 3.23. The number of hydrogen-bond acceptors (Lipinski definition) is 5. The Labute approximate surface area is 155 Å². The fourth-order valence-electron chi connectivity index (χ4n) is 3.92. The number of rotatable bonds is 5. The van der Waals surface area contributed by atoms with Crippen LogP contribution < -0.4 is 5.01 Å². The first-order chi connectivity index (χ1) is 12.7. The molecule has 6 nitrogen and oxygen atoms in total. The molecule has 26 heavy (non-hydrogen) atoms. The summed E-state index contributed by atoms with van der Waals surface area (Å²) >= 11 is 0. The molecule has 1 saturated carbocycles. The van der Waals surface area contributed by atoms with Crippen molar-refractivity contribution >= 4 is 17.5 Å². The van der Waals surface area contributed by atoms with Gasteiger partial charge in [-0.15, -0.1) is 5.10 Å². The molecule has 0 radical (unpaired) electrons. The van der Waals surface area contributed by atoms with Crippen LogP contribution in [0.25, 0.3) is 0 Å². The van der Waals surface area contributed by atoms with E-state index in [1.807, 2.05) is 30.3 Å². The van der Waals surface area contributed by atoms with Crippen molar-refractivity contribution in [3.8, 4) is 0 Å². The van der Waals surface area contributed by atoms with Gasteiger partial charge in [0.25, 0.3) is 5.91 Å². The first-order valence-electron chi connectivity index (χ1n) is 9.71. The first-order valence-corrected chi connectivity index (χ1v) is 9.71. The maximum Gasteiger partial charge on any atom is 0.263 e. The Bertz CT molecular complexity index is 664. The molecule has 0 atom stereocenters. The summed E-state index contributed by atoms with van der Waals surface area (Å²) in [5, 5.41) is 6.10. The van der Waals surface area contributed by atoms with E-state index in [1.165, 1.54) is 5.01 Å². The van der Waals surface area contributed by atoms with Crippen molar-refractivity contribution in [3.63, 3.8) is 0 Å². The normalized spacial score (nSPS) is 23.2. The van der Waals surface area contributed by atoms with Crippen LogP contribution in [-0.2, 0) is 9.53 Å². The molecule has 0 N–H and O–H groups in total. The molecule has 2 heterocycles. The highest BCUT2D eigenvalue weighted by Gasteiger charge is 2.56. The molecular weight excluding hydrogens is 328 g/mol. The van der Waals surface area contributed by atoms with Crippen molar-refractivity contribution < 1.29 is 9.53 Å². The van der Waals surface area contributed by atoms with Crippen LogP contribution in [0, 0.1) is 5.41 Å². The number of anilines is 1. The highest BCUT2D eigenvalue weighted by atomic mass is 16.5. The van der Waals surface area contributed by atoms with E-state index in [0.717, 1.165) is 64.1 Å². The molecule has 1 aromatic rings. The SMILES string of the molecule is CN1CCN(CCCOC2=NN(c3ccccc3)C(=O)C23CCC3)CC1. The Morgan fingerprint density at radius 2 is 1.85 bits per heavy atom. The number of piperazine rings is 1. The minimum atomic E-state index is -0.496. The second-order valence-electron chi connectivity index (χ2n) is 7.64. The van der Waals surface area contributed by atoms with Gasteiger partial charge >= 0.3 is 0 Å². The highest BCUT2D eigenvalue weighted by Crippen LogP contribution is 2.48. The van der Waals surface area contributed by atoms with E-state index in [1.54, 1.807) is 0 Å². The molecule has 6 heteroatoms. The number of hydrogen-bond donors (Lipinski definition) is 0. The van der Waals surface area contributed by atoms with Gasteiger partial charge in [-0.2, -0.15) is 5.01 Å². The zero-order valence-corrected chi connectivity index (χ0v) is 15.6. The summed E-state index contributed by atoms with van der Waals surface area (Å²) in [7, 11) is 2.17. The number of para-hydroxylation sites is 1. The van der Waals surface area contributed by atoms with Crippen LogP contribution in [0.15, 0.2) is 35.4 Å². The molecule has 2 fully saturated rings. The maximum absolute atomic E-state index is 12.9. The number of nitrogens with zero attached hydrogens (tertiary/aromatic N) is 4. The number of ether oxygens (including phenoxy) is 1. The predicted octanol–water partition coefficient (Wildman–Crippen LogP) is 2.17. The fraction of sp³-hybridized carbons (Fsp3) is 0.600. The first kappa shape index (κ1) is 17.5. The molecule has 140 valence electrons. The van der Waals surface area contributed by atoms with Crippen LogP contribution >= 0.6 is 0 Å². The molecule has 0 bridgehead atoms. The Kier molecular flexibility index (Phi) is 4.96. The molecule has 0 unspecified atom stereocenters. The lowest BCUT2D eigenvalue weighted by atomic mass is 9.68. The lowest BCUT2D eigenvalue weighted by Gasteiger charge is -2.36. The summed E-state index contributed by atoms with van der Waals surface area (Å²) in [4.78, 5) is 17.8. The topological polar surface area (TPSA) is 48.4 Å². The number of benzene rings is 1. The number of carbonyl (C=O) groups is 1. The van der Waals surface area contributed by atoms with Gasteiger partial charge in [0.1, 0.15) is 5.41 Å². The minimum Gasteiger partial charge on any atom is -0.479 e. The van der Waals surface area contributed by atoms with E-state index in [0.29, 0.717) is 12.5 Å². The average molecular weight is 356 g/mol. The number of carbonyl (C=O) groups excluding carboxylic acids is 1. The van der Waals surface area contributed by atoms with Crippen LogP contribution in [0.3, 0.4) is 0 Å². The van der Waals surface area contributed by atoms with Crippen molar-refractivity contribution in [2.75, 3.05) is 51.4 Å². The van der Waals surface area contributed by atoms with Crippen LogP contribution in [-0.4, -0.2) is 68.0 Å². The third-order valence-electron chi connectivity index (χ3n) is 5.86. The molecule has 4 rings (SSSR count). The van der Waals surface area contributed by atoms with Crippen LogP contribution in [0.1, 0.15) is 25.7 Å². The molecule has 1 aromatic carbocycles. The molecular formula is C20H28N4O2. The number of likely N-dealkylation sites (N-methyl/N-ethyl adjacent to an activating group) is 1. The molecule has 0 aromatic heterocycles. The van der Waals surface area contributed by atoms with E-state index >= 15 is 0 Å². The Hall–Kier alpha value is -1.92. The molecule has 1 saturated heterocycles. The van der Waals surface area contributed by atoms with Gasteiger partial charge in [0, 0.05) is 32.7 Å². The minimum absolute atomic E-state index is 0.0732. The average Bonchev–Trinajstić information content (AvgIpc) is 2.93. The summed E-state index contributed by atoms with van der Waals surface area (Å²) < 4.78 is 6.05. The quantitative estimate of drug-likeness (QED) is 0.759. The van der Waals surface area contributed by atoms with E-state index in [2.05, 4.69) is 21.9 Å². The lowest BCUT2D eigenvalue weighted by Crippen LogP contribution is -2.46. The van der Waals surface area contributed by atoms with Gasteiger partial charge in [-0.05, 0) is 38.4 Å². The monoisotopic (exact) mass is 356 g/mol. The lowest BCUT2D eigenvalue weighted by molar-refractivity contribution is -0.127.